The van der Waals surface area contributed by atoms with E-state index in [0.29, 0.717) is 0 Å². The van der Waals surface area contributed by atoms with Crippen LogP contribution in [0.1, 0.15) is 39.0 Å². The van der Waals surface area contributed by atoms with E-state index in [1.807, 2.05) is 0 Å². The van der Waals surface area contributed by atoms with Crippen molar-refractivity contribution in [3.8, 4) is 0 Å². The van der Waals surface area contributed by atoms with Gasteiger partial charge in [-0.1, -0.05) is 26.3 Å². The highest BCUT2D eigenvalue weighted by atomic mass is 14.9. The van der Waals surface area contributed by atoms with Gasteiger partial charge in [-0.15, -0.1) is 0 Å². The van der Waals surface area contributed by atoms with Gasteiger partial charge in [0.15, 0.2) is 0 Å². The summed E-state index contributed by atoms with van der Waals surface area (Å²) in [6, 6.07) is 0. The Morgan fingerprint density at radius 2 is 1.92 bits per heavy atom. The molecule has 72 valence electrons. The lowest BCUT2D eigenvalue weighted by molar-refractivity contribution is 0.617. The van der Waals surface area contributed by atoms with Crippen LogP contribution in [0.4, 0.5) is 0 Å². The molecular weight excluding hydrogens is 148 g/mol. The Hall–Kier alpha value is -0.500. The summed E-state index contributed by atoms with van der Waals surface area (Å²) in [5.74, 6) is 0. The molecule has 0 bridgehead atoms. The molecule has 0 aromatic rings. The minimum Gasteiger partial charge on any atom is -0.389 e. The standard InChI is InChI=1S/C10H22N2/c1-3-10(2)12-9-7-5-4-6-8-11/h12H,2-9,11H2,1H3. The molecule has 0 heterocycles. The second-order valence-corrected chi connectivity index (χ2v) is 3.09. The minimum absolute atomic E-state index is 0.828. The first-order chi connectivity index (χ1) is 5.81. The molecule has 0 spiro atoms. The number of unbranched alkanes of at least 4 members (excludes halogenated alkanes) is 3. The van der Waals surface area contributed by atoms with Gasteiger partial charge in [0, 0.05) is 12.2 Å². The second kappa shape index (κ2) is 8.60. The summed E-state index contributed by atoms with van der Waals surface area (Å²) in [6.07, 6.45) is 5.97. The monoisotopic (exact) mass is 170 g/mol. The molecule has 0 amide bonds. The minimum atomic E-state index is 0.828. The lowest BCUT2D eigenvalue weighted by atomic mass is 10.2. The van der Waals surface area contributed by atoms with Crippen LogP contribution in [0, 0.1) is 0 Å². The van der Waals surface area contributed by atoms with Crippen molar-refractivity contribution >= 4 is 0 Å². The van der Waals surface area contributed by atoms with Gasteiger partial charge in [0.1, 0.15) is 0 Å². The van der Waals surface area contributed by atoms with Crippen molar-refractivity contribution in [2.75, 3.05) is 13.1 Å². The normalized spacial score (nSPS) is 9.83. The second-order valence-electron chi connectivity index (χ2n) is 3.09. The van der Waals surface area contributed by atoms with E-state index in [9.17, 15) is 0 Å². The zero-order valence-corrected chi connectivity index (χ0v) is 8.23. The van der Waals surface area contributed by atoms with Gasteiger partial charge in [0.2, 0.25) is 0 Å². The van der Waals surface area contributed by atoms with Crippen molar-refractivity contribution in [3.63, 3.8) is 0 Å². The predicted octanol–water partition coefficient (Wildman–Crippen LogP) is 2.02. The molecule has 0 aromatic heterocycles. The zero-order chi connectivity index (χ0) is 9.23. The Morgan fingerprint density at radius 3 is 2.50 bits per heavy atom. The molecule has 0 atom stereocenters. The summed E-state index contributed by atoms with van der Waals surface area (Å²) in [6.45, 7) is 7.89. The fourth-order valence-electron chi connectivity index (χ4n) is 1.01. The topological polar surface area (TPSA) is 38.0 Å². The molecule has 0 saturated carbocycles. The third kappa shape index (κ3) is 7.61. The van der Waals surface area contributed by atoms with E-state index in [2.05, 4.69) is 18.8 Å². The molecule has 0 rings (SSSR count). The molecule has 0 aliphatic carbocycles. The van der Waals surface area contributed by atoms with Crippen molar-refractivity contribution in [1.82, 2.24) is 5.32 Å². The molecule has 0 aromatic carbocycles. The van der Waals surface area contributed by atoms with Gasteiger partial charge in [-0.25, -0.2) is 0 Å². The summed E-state index contributed by atoms with van der Waals surface area (Å²) in [5, 5.41) is 3.28. The van der Waals surface area contributed by atoms with Crippen LogP contribution in [0.2, 0.25) is 0 Å². The molecule has 12 heavy (non-hydrogen) atoms. The van der Waals surface area contributed by atoms with Crippen molar-refractivity contribution in [1.29, 1.82) is 0 Å². The van der Waals surface area contributed by atoms with Gasteiger partial charge in [-0.2, -0.15) is 0 Å². The SMILES string of the molecule is C=C(CC)NCCCCCCN. The summed E-state index contributed by atoms with van der Waals surface area (Å²) in [5.41, 5.74) is 6.53. The van der Waals surface area contributed by atoms with Gasteiger partial charge in [-0.05, 0) is 25.8 Å². The maximum absolute atomic E-state index is 5.38. The van der Waals surface area contributed by atoms with E-state index >= 15 is 0 Å². The average Bonchev–Trinajstić information content (AvgIpc) is 2.10. The van der Waals surface area contributed by atoms with E-state index in [1.165, 1.54) is 19.3 Å². The highest BCUT2D eigenvalue weighted by molar-refractivity contribution is 4.88. The van der Waals surface area contributed by atoms with E-state index in [4.69, 9.17) is 5.73 Å². The Bertz CT molecular complexity index is 110. The van der Waals surface area contributed by atoms with Gasteiger partial charge in [-0.3, -0.25) is 0 Å². The number of allylic oxidation sites excluding steroid dienone is 1. The van der Waals surface area contributed by atoms with Gasteiger partial charge in [0.25, 0.3) is 0 Å². The maximum Gasteiger partial charge on any atom is 0.0143 e. The van der Waals surface area contributed by atoms with Crippen LogP contribution in [0.25, 0.3) is 0 Å². The van der Waals surface area contributed by atoms with Crippen LogP contribution in [0.3, 0.4) is 0 Å². The van der Waals surface area contributed by atoms with E-state index < -0.39 is 0 Å². The Kier molecular flexibility index (Phi) is 8.24. The van der Waals surface area contributed by atoms with Crippen LogP contribution in [-0.4, -0.2) is 13.1 Å². The lowest BCUT2D eigenvalue weighted by Crippen LogP contribution is -2.13. The largest absolute Gasteiger partial charge is 0.389 e. The first kappa shape index (κ1) is 11.5. The highest BCUT2D eigenvalue weighted by Gasteiger charge is 1.90. The molecule has 0 aliphatic rings. The Labute approximate surface area is 76.2 Å². The van der Waals surface area contributed by atoms with Crippen LogP contribution >= 0.6 is 0 Å². The Balaban J connectivity index is 2.95. The van der Waals surface area contributed by atoms with Gasteiger partial charge < -0.3 is 11.1 Å². The summed E-state index contributed by atoms with van der Waals surface area (Å²) in [4.78, 5) is 0. The van der Waals surface area contributed by atoms with E-state index in [1.54, 1.807) is 0 Å². The predicted molar refractivity (Wildman–Crippen MR) is 55.0 cm³/mol. The molecule has 0 radical (unpaired) electrons. The first-order valence-corrected chi connectivity index (χ1v) is 4.93. The van der Waals surface area contributed by atoms with E-state index in [-0.39, 0.29) is 0 Å². The van der Waals surface area contributed by atoms with Gasteiger partial charge in [0.05, 0.1) is 0 Å². The third-order valence-corrected chi connectivity index (χ3v) is 1.93. The smallest absolute Gasteiger partial charge is 0.0143 e. The number of nitrogens with two attached hydrogens (primary N) is 1. The van der Waals surface area contributed by atoms with E-state index in [0.717, 1.165) is 31.6 Å². The fraction of sp³-hybridized carbons (Fsp3) is 0.800. The van der Waals surface area contributed by atoms with Crippen LogP contribution in [0.15, 0.2) is 12.3 Å². The van der Waals surface area contributed by atoms with Crippen LogP contribution in [-0.2, 0) is 0 Å². The van der Waals surface area contributed by atoms with Gasteiger partial charge >= 0.3 is 0 Å². The molecule has 2 heteroatoms. The first-order valence-electron chi connectivity index (χ1n) is 4.93. The van der Waals surface area contributed by atoms with Crippen molar-refractivity contribution in [2.24, 2.45) is 5.73 Å². The molecular formula is C10H22N2. The molecule has 0 saturated heterocycles. The number of hydrogen-bond acceptors (Lipinski definition) is 2. The van der Waals surface area contributed by atoms with Crippen molar-refractivity contribution in [2.45, 2.75) is 39.0 Å². The Morgan fingerprint density at radius 1 is 1.25 bits per heavy atom. The fourth-order valence-corrected chi connectivity index (χ4v) is 1.01. The number of hydrogen-bond donors (Lipinski definition) is 2. The molecule has 0 aliphatic heterocycles. The molecule has 0 fully saturated rings. The number of nitrogens with one attached hydrogen (secondary N) is 1. The van der Waals surface area contributed by atoms with Crippen molar-refractivity contribution < 1.29 is 0 Å². The van der Waals surface area contributed by atoms with Crippen molar-refractivity contribution in [3.05, 3.63) is 12.3 Å². The summed E-state index contributed by atoms with van der Waals surface area (Å²) < 4.78 is 0. The maximum atomic E-state index is 5.38. The molecule has 0 unspecified atom stereocenters. The lowest BCUT2D eigenvalue weighted by Gasteiger charge is -2.06. The molecule has 3 N–H and O–H groups in total. The zero-order valence-electron chi connectivity index (χ0n) is 8.23. The number of rotatable bonds is 8. The quantitative estimate of drug-likeness (QED) is 0.547. The third-order valence-electron chi connectivity index (χ3n) is 1.93. The average molecular weight is 170 g/mol. The molecule has 2 nitrogen and oxygen atoms in total. The van der Waals surface area contributed by atoms with Crippen LogP contribution < -0.4 is 11.1 Å². The van der Waals surface area contributed by atoms with Crippen LogP contribution in [0.5, 0.6) is 0 Å². The highest BCUT2D eigenvalue weighted by Crippen LogP contribution is 1.98. The summed E-state index contributed by atoms with van der Waals surface area (Å²) >= 11 is 0. The summed E-state index contributed by atoms with van der Waals surface area (Å²) in [7, 11) is 0.